The van der Waals surface area contributed by atoms with E-state index >= 15 is 0 Å². The van der Waals surface area contributed by atoms with Crippen LogP contribution in [-0.2, 0) is 11.2 Å². The SMILES string of the molecule is COC(C)(C)CC(O)Cc1cnccc1N. The summed E-state index contributed by atoms with van der Waals surface area (Å²) in [5.74, 6) is 0. The summed E-state index contributed by atoms with van der Waals surface area (Å²) in [7, 11) is 1.64. The maximum atomic E-state index is 9.93. The number of aliphatic hydroxyl groups excluding tert-OH is 1. The molecule has 3 N–H and O–H groups in total. The highest BCUT2D eigenvalue weighted by atomic mass is 16.5. The van der Waals surface area contributed by atoms with Crippen molar-refractivity contribution in [1.29, 1.82) is 0 Å². The van der Waals surface area contributed by atoms with E-state index in [2.05, 4.69) is 4.98 Å². The van der Waals surface area contributed by atoms with Crippen LogP contribution in [0.3, 0.4) is 0 Å². The normalized spacial score (nSPS) is 13.8. The summed E-state index contributed by atoms with van der Waals surface area (Å²) in [6.45, 7) is 3.89. The van der Waals surface area contributed by atoms with Gasteiger partial charge in [0.1, 0.15) is 0 Å². The quantitative estimate of drug-likeness (QED) is 0.793. The van der Waals surface area contributed by atoms with E-state index in [9.17, 15) is 5.11 Å². The first-order valence-corrected chi connectivity index (χ1v) is 5.36. The molecule has 16 heavy (non-hydrogen) atoms. The number of hydrogen-bond acceptors (Lipinski definition) is 4. The van der Waals surface area contributed by atoms with Crippen LogP contribution in [0.5, 0.6) is 0 Å². The summed E-state index contributed by atoms with van der Waals surface area (Å²) in [6.07, 6.45) is 3.94. The van der Waals surface area contributed by atoms with Crippen LogP contribution in [0.25, 0.3) is 0 Å². The van der Waals surface area contributed by atoms with Gasteiger partial charge < -0.3 is 15.6 Å². The second-order valence-corrected chi connectivity index (χ2v) is 4.60. The first kappa shape index (κ1) is 12.9. The molecule has 1 aromatic heterocycles. The van der Waals surface area contributed by atoms with Crippen LogP contribution in [0.15, 0.2) is 18.5 Å². The van der Waals surface area contributed by atoms with Gasteiger partial charge in [0.25, 0.3) is 0 Å². The van der Waals surface area contributed by atoms with Crippen LogP contribution in [0, 0.1) is 0 Å². The van der Waals surface area contributed by atoms with Gasteiger partial charge in [0.2, 0.25) is 0 Å². The third-order valence-corrected chi connectivity index (χ3v) is 2.68. The van der Waals surface area contributed by atoms with Crippen LogP contribution in [0.1, 0.15) is 25.8 Å². The topological polar surface area (TPSA) is 68.4 Å². The van der Waals surface area contributed by atoms with E-state index < -0.39 is 6.10 Å². The van der Waals surface area contributed by atoms with Crippen molar-refractivity contribution in [3.8, 4) is 0 Å². The van der Waals surface area contributed by atoms with Crippen molar-refractivity contribution < 1.29 is 9.84 Å². The van der Waals surface area contributed by atoms with Gasteiger partial charge in [0.05, 0.1) is 11.7 Å². The number of pyridine rings is 1. The molecule has 0 bridgehead atoms. The smallest absolute Gasteiger partial charge is 0.0647 e. The summed E-state index contributed by atoms with van der Waals surface area (Å²) in [4.78, 5) is 3.99. The Morgan fingerprint density at radius 3 is 2.81 bits per heavy atom. The van der Waals surface area contributed by atoms with Crippen LogP contribution in [0.4, 0.5) is 5.69 Å². The van der Waals surface area contributed by atoms with Gasteiger partial charge in [-0.15, -0.1) is 0 Å². The molecule has 0 fully saturated rings. The molecule has 0 saturated carbocycles. The zero-order valence-corrected chi connectivity index (χ0v) is 10.1. The number of methoxy groups -OCH3 is 1. The van der Waals surface area contributed by atoms with Gasteiger partial charge in [-0.1, -0.05) is 0 Å². The lowest BCUT2D eigenvalue weighted by Gasteiger charge is -2.26. The summed E-state index contributed by atoms with van der Waals surface area (Å²) in [5, 5.41) is 9.93. The molecule has 4 heteroatoms. The van der Waals surface area contributed by atoms with Gasteiger partial charge in [-0.25, -0.2) is 0 Å². The third-order valence-electron chi connectivity index (χ3n) is 2.68. The molecule has 1 heterocycles. The number of hydrogen-bond donors (Lipinski definition) is 2. The number of aliphatic hydroxyl groups is 1. The number of nitrogen functional groups attached to an aromatic ring is 1. The Labute approximate surface area is 96.5 Å². The monoisotopic (exact) mass is 224 g/mol. The summed E-state index contributed by atoms with van der Waals surface area (Å²) >= 11 is 0. The standard InChI is InChI=1S/C12H20N2O2/c1-12(2,16-3)7-10(15)6-9-8-14-5-4-11(9)13/h4-5,8,10,15H,6-7H2,1-3H3,(H2,13,14). The molecular weight excluding hydrogens is 204 g/mol. The van der Waals surface area contributed by atoms with E-state index in [0.29, 0.717) is 18.5 Å². The highest BCUT2D eigenvalue weighted by molar-refractivity contribution is 5.44. The predicted molar refractivity (Wildman–Crippen MR) is 64.1 cm³/mol. The van der Waals surface area contributed by atoms with E-state index in [1.165, 1.54) is 0 Å². The van der Waals surface area contributed by atoms with Crippen molar-refractivity contribution in [1.82, 2.24) is 4.98 Å². The highest BCUT2D eigenvalue weighted by Gasteiger charge is 2.21. The van der Waals surface area contributed by atoms with Crippen LogP contribution in [0.2, 0.25) is 0 Å². The fourth-order valence-electron chi connectivity index (χ4n) is 1.59. The molecule has 0 aromatic carbocycles. The van der Waals surface area contributed by atoms with Crippen molar-refractivity contribution in [2.24, 2.45) is 0 Å². The van der Waals surface area contributed by atoms with Gasteiger partial charge in [-0.2, -0.15) is 0 Å². The minimum atomic E-state index is -0.471. The number of nitrogens with zero attached hydrogens (tertiary/aromatic N) is 1. The molecule has 90 valence electrons. The average molecular weight is 224 g/mol. The molecule has 1 rings (SSSR count). The van der Waals surface area contributed by atoms with Crippen LogP contribution in [-0.4, -0.2) is 28.9 Å². The van der Waals surface area contributed by atoms with E-state index in [-0.39, 0.29) is 5.60 Å². The maximum absolute atomic E-state index is 9.93. The minimum Gasteiger partial charge on any atom is -0.398 e. The van der Waals surface area contributed by atoms with Crippen molar-refractivity contribution in [3.63, 3.8) is 0 Å². The summed E-state index contributed by atoms with van der Waals surface area (Å²) in [6, 6.07) is 1.74. The third kappa shape index (κ3) is 3.79. The zero-order valence-electron chi connectivity index (χ0n) is 10.1. The van der Waals surface area contributed by atoms with E-state index in [1.807, 2.05) is 13.8 Å². The second-order valence-electron chi connectivity index (χ2n) is 4.60. The highest BCUT2D eigenvalue weighted by Crippen LogP contribution is 2.19. The Balaban J connectivity index is 2.58. The molecule has 0 spiro atoms. The molecule has 0 aliphatic heterocycles. The largest absolute Gasteiger partial charge is 0.398 e. The van der Waals surface area contributed by atoms with Crippen LogP contribution < -0.4 is 5.73 Å². The lowest BCUT2D eigenvalue weighted by Crippen LogP contribution is -2.29. The molecule has 0 aliphatic rings. The molecule has 0 amide bonds. The number of nitrogens with two attached hydrogens (primary N) is 1. The van der Waals surface area contributed by atoms with Crippen molar-refractivity contribution in [2.45, 2.75) is 38.4 Å². The number of aromatic nitrogens is 1. The summed E-state index contributed by atoms with van der Waals surface area (Å²) in [5.41, 5.74) is 7.01. The average Bonchev–Trinajstić information content (AvgIpc) is 2.21. The van der Waals surface area contributed by atoms with Crippen LogP contribution >= 0.6 is 0 Å². The fraction of sp³-hybridized carbons (Fsp3) is 0.583. The second kappa shape index (κ2) is 5.27. The number of ether oxygens (including phenoxy) is 1. The van der Waals surface area contributed by atoms with Gasteiger partial charge >= 0.3 is 0 Å². The Kier molecular flexibility index (Phi) is 4.26. The molecular formula is C12H20N2O2. The molecule has 1 aromatic rings. The van der Waals surface area contributed by atoms with Crippen molar-refractivity contribution in [2.75, 3.05) is 12.8 Å². The first-order chi connectivity index (χ1) is 7.44. The first-order valence-electron chi connectivity index (χ1n) is 5.36. The number of anilines is 1. The van der Waals surface area contributed by atoms with Gasteiger partial charge in [-0.3, -0.25) is 4.98 Å². The Bertz CT molecular complexity index is 340. The molecule has 0 aliphatic carbocycles. The van der Waals surface area contributed by atoms with Gasteiger partial charge in [-0.05, 0) is 25.5 Å². The van der Waals surface area contributed by atoms with Crippen molar-refractivity contribution >= 4 is 5.69 Å². The molecule has 1 unspecified atom stereocenters. The van der Waals surface area contributed by atoms with Gasteiger partial charge in [0, 0.05) is 38.0 Å². The lowest BCUT2D eigenvalue weighted by molar-refractivity contribution is -0.0190. The van der Waals surface area contributed by atoms with E-state index in [1.54, 1.807) is 25.6 Å². The Morgan fingerprint density at radius 1 is 1.56 bits per heavy atom. The predicted octanol–water partition coefficient (Wildman–Crippen LogP) is 1.38. The molecule has 0 saturated heterocycles. The Morgan fingerprint density at radius 2 is 2.25 bits per heavy atom. The number of rotatable bonds is 5. The summed E-state index contributed by atoms with van der Waals surface area (Å²) < 4.78 is 5.27. The zero-order chi connectivity index (χ0) is 12.2. The van der Waals surface area contributed by atoms with E-state index in [4.69, 9.17) is 10.5 Å². The molecule has 4 nitrogen and oxygen atoms in total. The maximum Gasteiger partial charge on any atom is 0.0647 e. The Hall–Kier alpha value is -1.13. The molecule has 0 radical (unpaired) electrons. The van der Waals surface area contributed by atoms with E-state index in [0.717, 1.165) is 5.56 Å². The van der Waals surface area contributed by atoms with Crippen molar-refractivity contribution in [3.05, 3.63) is 24.0 Å². The fourth-order valence-corrected chi connectivity index (χ4v) is 1.59. The minimum absolute atomic E-state index is 0.323. The van der Waals surface area contributed by atoms with Gasteiger partial charge in [0.15, 0.2) is 0 Å². The molecule has 1 atom stereocenters. The lowest BCUT2D eigenvalue weighted by atomic mass is 9.96.